The van der Waals surface area contributed by atoms with Gasteiger partial charge < -0.3 is 14.8 Å². The topological polar surface area (TPSA) is 48.1 Å². The van der Waals surface area contributed by atoms with E-state index in [0.29, 0.717) is 0 Å². The van der Waals surface area contributed by atoms with Gasteiger partial charge >= 0.3 is 0 Å². The summed E-state index contributed by atoms with van der Waals surface area (Å²) in [5, 5.41) is 0. The molecule has 0 spiro atoms. The minimum atomic E-state index is 0.776. The Labute approximate surface area is 166 Å². The van der Waals surface area contributed by atoms with Gasteiger partial charge in [0.1, 0.15) is 11.6 Å². The van der Waals surface area contributed by atoms with E-state index in [1.54, 1.807) is 0 Å². The van der Waals surface area contributed by atoms with E-state index in [1.165, 1.54) is 38.8 Å². The minimum Gasteiger partial charge on any atom is -0.357 e. The van der Waals surface area contributed by atoms with Crippen molar-refractivity contribution in [1.82, 2.24) is 19.9 Å². The zero-order chi connectivity index (χ0) is 18.8. The predicted molar refractivity (Wildman–Crippen MR) is 113 cm³/mol. The van der Waals surface area contributed by atoms with Crippen molar-refractivity contribution in [2.45, 2.75) is 31.7 Å². The maximum Gasteiger partial charge on any atom is 0.139 e. The van der Waals surface area contributed by atoms with Crippen LogP contribution in [0.2, 0.25) is 0 Å². The summed E-state index contributed by atoms with van der Waals surface area (Å²) in [5.74, 6) is 1.95. The molecule has 1 aromatic carbocycles. The van der Waals surface area contributed by atoms with E-state index in [-0.39, 0.29) is 0 Å². The number of H-pyrrole nitrogens is 1. The second-order valence-electron chi connectivity index (χ2n) is 7.88. The number of likely N-dealkylation sites (tertiary alicyclic amines) is 1. The van der Waals surface area contributed by atoms with Crippen molar-refractivity contribution in [2.24, 2.45) is 0 Å². The molecule has 2 fully saturated rings. The average Bonchev–Trinajstić information content (AvgIpc) is 3.47. The fourth-order valence-corrected chi connectivity index (χ4v) is 4.51. The average molecular weight is 374 g/mol. The second-order valence-corrected chi connectivity index (χ2v) is 7.88. The number of hydrogen-bond donors (Lipinski definition) is 1. The molecule has 0 amide bonds. The van der Waals surface area contributed by atoms with Crippen LogP contribution in [0.15, 0.2) is 54.9 Å². The van der Waals surface area contributed by atoms with E-state index < -0.39 is 0 Å². The van der Waals surface area contributed by atoms with Crippen molar-refractivity contribution in [1.29, 1.82) is 0 Å². The molecule has 1 N–H and O–H groups in total. The molecule has 4 heterocycles. The van der Waals surface area contributed by atoms with Gasteiger partial charge in [-0.3, -0.25) is 0 Å². The lowest BCUT2D eigenvalue weighted by molar-refractivity contribution is 0.207. The molecule has 2 aliphatic rings. The fourth-order valence-electron chi connectivity index (χ4n) is 4.51. The molecule has 5 heteroatoms. The lowest BCUT2D eigenvalue weighted by Gasteiger charge is -2.37. The molecule has 0 saturated carbocycles. The molecule has 3 aromatic rings. The van der Waals surface area contributed by atoms with Gasteiger partial charge in [-0.05, 0) is 56.5 Å². The predicted octanol–water partition coefficient (Wildman–Crippen LogP) is 4.20. The number of nitrogens with one attached hydrogen (secondary N) is 1. The second kappa shape index (κ2) is 7.76. The van der Waals surface area contributed by atoms with Crippen molar-refractivity contribution in [3.63, 3.8) is 0 Å². The standard InChI is InChI=1S/C23H27N5/c1-2-6-18(7-3-1)21-17-25-23(26-21)19-8-9-22(24-16-19)28-14-10-20(11-15-28)27-12-4-5-13-27/h1-3,6-9,16-17,20H,4-5,10-15H2,(H,25,26). The number of piperidine rings is 1. The van der Waals surface area contributed by atoms with Gasteiger partial charge in [-0.15, -0.1) is 0 Å². The molecule has 5 rings (SSSR count). The van der Waals surface area contributed by atoms with E-state index in [9.17, 15) is 0 Å². The summed E-state index contributed by atoms with van der Waals surface area (Å²) in [6, 6.07) is 15.3. The highest BCUT2D eigenvalue weighted by atomic mass is 15.2. The summed E-state index contributed by atoms with van der Waals surface area (Å²) in [7, 11) is 0. The van der Waals surface area contributed by atoms with Gasteiger partial charge in [-0.25, -0.2) is 9.97 Å². The molecule has 5 nitrogen and oxygen atoms in total. The van der Waals surface area contributed by atoms with Gasteiger partial charge in [0.05, 0.1) is 11.9 Å². The van der Waals surface area contributed by atoms with E-state index in [2.05, 4.69) is 44.0 Å². The molecule has 144 valence electrons. The highest BCUT2D eigenvalue weighted by Crippen LogP contribution is 2.26. The fraction of sp³-hybridized carbons (Fsp3) is 0.391. The molecule has 28 heavy (non-hydrogen) atoms. The number of imidazole rings is 1. The smallest absolute Gasteiger partial charge is 0.139 e. The summed E-state index contributed by atoms with van der Waals surface area (Å²) >= 11 is 0. The zero-order valence-electron chi connectivity index (χ0n) is 16.2. The number of aromatic amines is 1. The van der Waals surface area contributed by atoms with E-state index >= 15 is 0 Å². The number of anilines is 1. The Bertz CT molecular complexity index is 888. The summed E-state index contributed by atoms with van der Waals surface area (Å²) < 4.78 is 0. The molecule has 0 aliphatic carbocycles. The number of hydrogen-bond acceptors (Lipinski definition) is 4. The Morgan fingerprint density at radius 1 is 0.786 bits per heavy atom. The maximum absolute atomic E-state index is 4.74. The molecular weight excluding hydrogens is 346 g/mol. The van der Waals surface area contributed by atoms with Crippen LogP contribution in [0.1, 0.15) is 25.7 Å². The Morgan fingerprint density at radius 3 is 2.29 bits per heavy atom. The van der Waals surface area contributed by atoms with Gasteiger partial charge in [-0.2, -0.15) is 0 Å². The van der Waals surface area contributed by atoms with Crippen LogP contribution in [0.3, 0.4) is 0 Å². The number of pyridine rings is 1. The van der Waals surface area contributed by atoms with E-state index in [1.807, 2.05) is 30.6 Å². The van der Waals surface area contributed by atoms with Crippen LogP contribution in [-0.4, -0.2) is 52.1 Å². The van der Waals surface area contributed by atoms with Gasteiger partial charge in [0.2, 0.25) is 0 Å². The Kier molecular flexibility index (Phi) is 4.83. The Hall–Kier alpha value is -2.66. The molecule has 0 radical (unpaired) electrons. The maximum atomic E-state index is 4.74. The molecule has 2 aromatic heterocycles. The highest BCUT2D eigenvalue weighted by molar-refractivity contribution is 5.64. The number of aromatic nitrogens is 3. The van der Waals surface area contributed by atoms with Crippen LogP contribution < -0.4 is 4.90 Å². The molecule has 2 saturated heterocycles. The van der Waals surface area contributed by atoms with Crippen molar-refractivity contribution in [3.8, 4) is 22.6 Å². The Morgan fingerprint density at radius 2 is 1.57 bits per heavy atom. The van der Waals surface area contributed by atoms with Crippen LogP contribution >= 0.6 is 0 Å². The first kappa shape index (κ1) is 17.4. The van der Waals surface area contributed by atoms with Crippen LogP contribution in [0, 0.1) is 0 Å². The van der Waals surface area contributed by atoms with Gasteiger partial charge in [0, 0.05) is 30.9 Å². The first-order valence-electron chi connectivity index (χ1n) is 10.4. The molecular formula is C23H27N5. The van der Waals surface area contributed by atoms with Crippen molar-refractivity contribution in [2.75, 3.05) is 31.1 Å². The highest BCUT2D eigenvalue weighted by Gasteiger charge is 2.26. The number of benzene rings is 1. The third-order valence-electron chi connectivity index (χ3n) is 6.13. The summed E-state index contributed by atoms with van der Waals surface area (Å²) in [4.78, 5) is 17.8. The van der Waals surface area contributed by atoms with Crippen LogP contribution in [0.25, 0.3) is 22.6 Å². The first-order chi connectivity index (χ1) is 13.9. The SMILES string of the molecule is c1ccc(-c2cnc(-c3ccc(N4CCC(N5CCCC5)CC4)nc3)[nH]2)cc1. The normalized spacial score (nSPS) is 18.6. The lowest BCUT2D eigenvalue weighted by Crippen LogP contribution is -2.44. The van der Waals surface area contributed by atoms with Crippen molar-refractivity contribution >= 4 is 5.82 Å². The monoisotopic (exact) mass is 373 g/mol. The molecule has 0 bridgehead atoms. The quantitative estimate of drug-likeness (QED) is 0.744. The van der Waals surface area contributed by atoms with Crippen LogP contribution in [-0.2, 0) is 0 Å². The third-order valence-corrected chi connectivity index (χ3v) is 6.13. The van der Waals surface area contributed by atoms with Gasteiger partial charge in [0.15, 0.2) is 0 Å². The Balaban J connectivity index is 1.24. The first-order valence-corrected chi connectivity index (χ1v) is 10.4. The lowest BCUT2D eigenvalue weighted by atomic mass is 10.0. The summed E-state index contributed by atoms with van der Waals surface area (Å²) in [6.07, 6.45) is 9.09. The van der Waals surface area contributed by atoms with E-state index in [4.69, 9.17) is 4.98 Å². The number of nitrogens with zero attached hydrogens (tertiary/aromatic N) is 4. The van der Waals surface area contributed by atoms with Crippen molar-refractivity contribution < 1.29 is 0 Å². The van der Waals surface area contributed by atoms with Crippen LogP contribution in [0.5, 0.6) is 0 Å². The molecule has 0 unspecified atom stereocenters. The third kappa shape index (κ3) is 3.54. The summed E-state index contributed by atoms with van der Waals surface area (Å²) in [6.45, 7) is 4.80. The van der Waals surface area contributed by atoms with E-state index in [0.717, 1.165) is 47.6 Å². The molecule has 0 atom stereocenters. The van der Waals surface area contributed by atoms with Crippen molar-refractivity contribution in [3.05, 3.63) is 54.9 Å². The largest absolute Gasteiger partial charge is 0.357 e. The summed E-state index contributed by atoms with van der Waals surface area (Å²) in [5.41, 5.74) is 3.20. The van der Waals surface area contributed by atoms with Gasteiger partial charge in [0.25, 0.3) is 0 Å². The zero-order valence-corrected chi connectivity index (χ0v) is 16.2. The number of rotatable bonds is 4. The van der Waals surface area contributed by atoms with Crippen LogP contribution in [0.4, 0.5) is 5.82 Å². The molecule has 2 aliphatic heterocycles. The minimum absolute atomic E-state index is 0.776. The van der Waals surface area contributed by atoms with Gasteiger partial charge in [-0.1, -0.05) is 30.3 Å².